The molecule has 1 saturated heterocycles. The molecule has 2 fully saturated rings. The Morgan fingerprint density at radius 1 is 1.15 bits per heavy atom. The Labute approximate surface area is 153 Å². The highest BCUT2D eigenvalue weighted by Gasteiger charge is 2.45. The summed E-state index contributed by atoms with van der Waals surface area (Å²) in [5.74, 6) is -0.312. The number of piperidine rings is 1. The molecule has 1 aliphatic carbocycles. The Morgan fingerprint density at radius 3 is 2.50 bits per heavy atom. The van der Waals surface area contributed by atoms with E-state index in [1.807, 2.05) is 35.2 Å². The second-order valence-electron chi connectivity index (χ2n) is 7.55. The maximum atomic E-state index is 12.6. The molecule has 0 bridgehead atoms. The van der Waals surface area contributed by atoms with Crippen LogP contribution in [0, 0.1) is 5.41 Å². The Bertz CT molecular complexity index is 800. The predicted octanol–water partition coefficient (Wildman–Crippen LogP) is 2.60. The summed E-state index contributed by atoms with van der Waals surface area (Å²) < 4.78 is 0. The average molecular weight is 352 g/mol. The summed E-state index contributed by atoms with van der Waals surface area (Å²) in [4.78, 5) is 26.9. The Balaban J connectivity index is 1.35. The van der Waals surface area contributed by atoms with Crippen LogP contribution in [0.3, 0.4) is 0 Å². The van der Waals surface area contributed by atoms with Crippen molar-refractivity contribution in [2.24, 2.45) is 5.41 Å². The molecule has 1 aliphatic heterocycles. The summed E-state index contributed by atoms with van der Waals surface area (Å²) in [5.41, 5.74) is 2.54. The third-order valence-corrected chi connectivity index (χ3v) is 5.70. The van der Waals surface area contributed by atoms with E-state index in [0.717, 1.165) is 31.5 Å². The van der Waals surface area contributed by atoms with Crippen molar-refractivity contribution in [3.05, 3.63) is 42.1 Å². The van der Waals surface area contributed by atoms with Gasteiger partial charge in [0.15, 0.2) is 0 Å². The first-order valence-electron chi connectivity index (χ1n) is 9.27. The van der Waals surface area contributed by atoms with Gasteiger partial charge in [0.1, 0.15) is 11.7 Å². The Morgan fingerprint density at radius 2 is 1.85 bits per heavy atom. The van der Waals surface area contributed by atoms with Crippen LogP contribution in [0.1, 0.15) is 43.1 Å². The van der Waals surface area contributed by atoms with E-state index >= 15 is 0 Å². The van der Waals surface area contributed by atoms with Gasteiger partial charge in [0.25, 0.3) is 5.91 Å². The van der Waals surface area contributed by atoms with Gasteiger partial charge in [-0.3, -0.25) is 14.7 Å². The van der Waals surface area contributed by atoms with Crippen LogP contribution in [0.2, 0.25) is 0 Å². The van der Waals surface area contributed by atoms with Crippen molar-refractivity contribution in [2.45, 2.75) is 38.6 Å². The molecule has 26 heavy (non-hydrogen) atoms. The summed E-state index contributed by atoms with van der Waals surface area (Å²) >= 11 is 0. The molecule has 4 rings (SSSR count). The number of nitrogens with zero attached hydrogens (tertiary/aromatic N) is 2. The summed E-state index contributed by atoms with van der Waals surface area (Å²) in [6.45, 7) is 3.36. The van der Waals surface area contributed by atoms with E-state index in [2.05, 4.69) is 15.5 Å². The second-order valence-corrected chi connectivity index (χ2v) is 7.55. The SMILES string of the molecule is C[C@@H](NC(=O)c1cc(-c2ccccc2)n[nH]1)C(=O)N1CCC2(CC1)CC2. The van der Waals surface area contributed by atoms with Crippen molar-refractivity contribution >= 4 is 11.8 Å². The fourth-order valence-electron chi connectivity index (χ4n) is 3.68. The number of amides is 2. The first-order valence-corrected chi connectivity index (χ1v) is 9.27. The molecular formula is C20H24N4O2. The standard InChI is InChI=1S/C20H24N4O2/c1-14(19(26)24-11-9-20(7-8-20)10-12-24)21-18(25)17-13-16(22-23-17)15-5-3-2-4-6-15/h2-6,13-14H,7-12H2,1H3,(H,21,25)(H,22,23)/t14-/m1/s1. The summed E-state index contributed by atoms with van der Waals surface area (Å²) in [6, 6.07) is 10.8. The summed E-state index contributed by atoms with van der Waals surface area (Å²) in [7, 11) is 0. The lowest BCUT2D eigenvalue weighted by molar-refractivity contribution is -0.134. The van der Waals surface area contributed by atoms with E-state index in [1.165, 1.54) is 12.8 Å². The molecule has 2 amide bonds. The van der Waals surface area contributed by atoms with Gasteiger partial charge in [-0.25, -0.2) is 0 Å². The number of benzene rings is 1. The number of hydrogen-bond acceptors (Lipinski definition) is 3. The molecule has 0 radical (unpaired) electrons. The van der Waals surface area contributed by atoms with Crippen molar-refractivity contribution < 1.29 is 9.59 Å². The Hall–Kier alpha value is -2.63. The molecule has 2 aromatic rings. The fraction of sp³-hybridized carbons (Fsp3) is 0.450. The van der Waals surface area contributed by atoms with Crippen molar-refractivity contribution in [2.75, 3.05) is 13.1 Å². The summed E-state index contributed by atoms with van der Waals surface area (Å²) in [6.07, 6.45) is 4.82. The lowest BCUT2D eigenvalue weighted by atomic mass is 9.93. The van der Waals surface area contributed by atoms with Gasteiger partial charge in [-0.15, -0.1) is 0 Å². The zero-order valence-electron chi connectivity index (χ0n) is 15.0. The van der Waals surface area contributed by atoms with Crippen molar-refractivity contribution in [3.8, 4) is 11.3 Å². The van der Waals surface area contributed by atoms with Crippen LogP contribution in [0.4, 0.5) is 0 Å². The zero-order chi connectivity index (χ0) is 18.1. The predicted molar refractivity (Wildman–Crippen MR) is 98.4 cm³/mol. The summed E-state index contributed by atoms with van der Waals surface area (Å²) in [5, 5.41) is 9.74. The molecule has 6 heteroatoms. The number of aromatic nitrogens is 2. The van der Waals surface area contributed by atoms with E-state index in [1.54, 1.807) is 13.0 Å². The van der Waals surface area contributed by atoms with Crippen LogP contribution < -0.4 is 5.32 Å². The van der Waals surface area contributed by atoms with Crippen LogP contribution in [0.15, 0.2) is 36.4 Å². The molecule has 6 nitrogen and oxygen atoms in total. The number of likely N-dealkylation sites (tertiary alicyclic amines) is 1. The maximum absolute atomic E-state index is 12.6. The van der Waals surface area contributed by atoms with Gasteiger partial charge in [-0.05, 0) is 44.1 Å². The minimum atomic E-state index is -0.542. The molecule has 1 aromatic carbocycles. The highest BCUT2D eigenvalue weighted by molar-refractivity contribution is 5.96. The topological polar surface area (TPSA) is 78.1 Å². The van der Waals surface area contributed by atoms with Crippen molar-refractivity contribution in [1.82, 2.24) is 20.4 Å². The second kappa shape index (κ2) is 6.59. The maximum Gasteiger partial charge on any atom is 0.269 e. The molecule has 2 N–H and O–H groups in total. The fourth-order valence-corrected chi connectivity index (χ4v) is 3.68. The Kier molecular flexibility index (Phi) is 4.26. The largest absolute Gasteiger partial charge is 0.341 e. The molecule has 1 aromatic heterocycles. The molecule has 136 valence electrons. The first-order chi connectivity index (χ1) is 12.6. The normalized spacial score (nSPS) is 19.2. The highest BCUT2D eigenvalue weighted by Crippen LogP contribution is 2.53. The number of aromatic amines is 1. The monoisotopic (exact) mass is 352 g/mol. The number of hydrogen-bond donors (Lipinski definition) is 2. The van der Waals surface area contributed by atoms with E-state index < -0.39 is 6.04 Å². The lowest BCUT2D eigenvalue weighted by Gasteiger charge is -2.33. The van der Waals surface area contributed by atoms with E-state index in [4.69, 9.17) is 0 Å². The highest BCUT2D eigenvalue weighted by atomic mass is 16.2. The van der Waals surface area contributed by atoms with Crippen LogP contribution in [0.5, 0.6) is 0 Å². The van der Waals surface area contributed by atoms with Gasteiger partial charge in [0.2, 0.25) is 5.91 Å². The lowest BCUT2D eigenvalue weighted by Crippen LogP contribution is -2.49. The zero-order valence-corrected chi connectivity index (χ0v) is 15.0. The molecule has 1 spiro atoms. The van der Waals surface area contributed by atoms with Crippen LogP contribution >= 0.6 is 0 Å². The van der Waals surface area contributed by atoms with Crippen LogP contribution in [-0.2, 0) is 4.79 Å². The number of carbonyl (C=O) groups excluding carboxylic acids is 2. The van der Waals surface area contributed by atoms with Gasteiger partial charge in [0.05, 0.1) is 5.69 Å². The first kappa shape index (κ1) is 16.8. The van der Waals surface area contributed by atoms with Crippen LogP contribution in [0.25, 0.3) is 11.3 Å². The number of rotatable bonds is 4. The van der Waals surface area contributed by atoms with Crippen molar-refractivity contribution in [1.29, 1.82) is 0 Å². The van der Waals surface area contributed by atoms with Gasteiger partial charge in [0, 0.05) is 18.7 Å². The van der Waals surface area contributed by atoms with Gasteiger partial charge >= 0.3 is 0 Å². The average Bonchev–Trinajstić information content (AvgIpc) is 3.23. The number of nitrogens with one attached hydrogen (secondary N) is 2. The quantitative estimate of drug-likeness (QED) is 0.888. The van der Waals surface area contributed by atoms with Crippen molar-refractivity contribution in [3.63, 3.8) is 0 Å². The number of carbonyl (C=O) groups is 2. The molecule has 1 saturated carbocycles. The van der Waals surface area contributed by atoms with E-state index in [-0.39, 0.29) is 11.8 Å². The van der Waals surface area contributed by atoms with Gasteiger partial charge in [-0.2, -0.15) is 5.10 Å². The third kappa shape index (κ3) is 3.36. The van der Waals surface area contributed by atoms with Crippen LogP contribution in [-0.4, -0.2) is 46.0 Å². The molecule has 1 atom stereocenters. The van der Waals surface area contributed by atoms with Gasteiger partial charge in [-0.1, -0.05) is 30.3 Å². The minimum Gasteiger partial charge on any atom is -0.341 e. The molecule has 0 unspecified atom stereocenters. The van der Waals surface area contributed by atoms with E-state index in [9.17, 15) is 9.59 Å². The minimum absolute atomic E-state index is 0.00310. The smallest absolute Gasteiger partial charge is 0.269 e. The molecular weight excluding hydrogens is 328 g/mol. The van der Waals surface area contributed by atoms with E-state index in [0.29, 0.717) is 16.8 Å². The molecule has 2 heterocycles. The number of H-pyrrole nitrogens is 1. The third-order valence-electron chi connectivity index (χ3n) is 5.70. The van der Waals surface area contributed by atoms with Gasteiger partial charge < -0.3 is 10.2 Å². The molecule has 2 aliphatic rings.